The summed E-state index contributed by atoms with van der Waals surface area (Å²) in [6.07, 6.45) is 8.32. The Bertz CT molecular complexity index is 96.5. The van der Waals surface area contributed by atoms with E-state index in [-0.39, 0.29) is 0 Å². The SMILES string of the molecule is CCCCCCCC[Si-](C)(C)Cl. The average molecular weight is 207 g/mol. The summed E-state index contributed by atoms with van der Waals surface area (Å²) in [5.74, 6) is 0. The highest BCUT2D eigenvalue weighted by atomic mass is 35.6. The highest BCUT2D eigenvalue weighted by Crippen LogP contribution is 2.18. The van der Waals surface area contributed by atoms with Gasteiger partial charge in [0.15, 0.2) is 0 Å². The second kappa shape index (κ2) is 6.96. The fraction of sp³-hybridized carbons (Fsp3) is 1.00. The van der Waals surface area contributed by atoms with Gasteiger partial charge in [0.25, 0.3) is 0 Å². The van der Waals surface area contributed by atoms with E-state index in [0.717, 1.165) is 0 Å². The quantitative estimate of drug-likeness (QED) is 0.319. The molecule has 0 saturated heterocycles. The molecule has 0 aliphatic rings. The smallest absolute Gasteiger partial charge is 0.0533 e. The first-order chi connectivity index (χ1) is 5.56. The van der Waals surface area contributed by atoms with E-state index in [9.17, 15) is 0 Å². The Kier molecular flexibility index (Phi) is 7.26. The highest BCUT2D eigenvalue weighted by molar-refractivity contribution is 7.19. The van der Waals surface area contributed by atoms with Crippen molar-refractivity contribution in [1.82, 2.24) is 0 Å². The summed E-state index contributed by atoms with van der Waals surface area (Å²) in [5, 5.41) is 0. The third-order valence-electron chi connectivity index (χ3n) is 2.12. The summed E-state index contributed by atoms with van der Waals surface area (Å²) >= 11 is 6.21. The van der Waals surface area contributed by atoms with Crippen LogP contribution in [0.3, 0.4) is 0 Å². The second-order valence-corrected chi connectivity index (χ2v) is 11.2. The van der Waals surface area contributed by atoms with Crippen molar-refractivity contribution >= 4 is 18.5 Å². The largest absolute Gasteiger partial charge is 0.355 e. The lowest BCUT2D eigenvalue weighted by molar-refractivity contribution is 0.623. The van der Waals surface area contributed by atoms with Crippen LogP contribution in [0.2, 0.25) is 19.1 Å². The maximum atomic E-state index is 6.21. The van der Waals surface area contributed by atoms with Gasteiger partial charge in [-0.1, -0.05) is 52.8 Å². The molecule has 0 bridgehead atoms. The van der Waals surface area contributed by atoms with Crippen molar-refractivity contribution in [2.75, 3.05) is 0 Å². The predicted octanol–water partition coefficient (Wildman–Crippen LogP) is 4.79. The Morgan fingerprint density at radius 2 is 1.42 bits per heavy atom. The molecule has 2 heteroatoms. The number of unbranched alkanes of at least 4 members (excludes halogenated alkanes) is 5. The van der Waals surface area contributed by atoms with Crippen molar-refractivity contribution in [2.45, 2.75) is 64.6 Å². The summed E-state index contributed by atoms with van der Waals surface area (Å²) in [6.45, 7) is 6.73. The summed E-state index contributed by atoms with van der Waals surface area (Å²) < 4.78 is 0. The van der Waals surface area contributed by atoms with E-state index < -0.39 is 7.38 Å². The van der Waals surface area contributed by atoms with E-state index in [1.54, 1.807) is 0 Å². The summed E-state index contributed by atoms with van der Waals surface area (Å²) in [5.41, 5.74) is 0. The normalized spacial score (nSPS) is 12.0. The molecule has 0 spiro atoms. The minimum Gasteiger partial charge on any atom is -0.355 e. The van der Waals surface area contributed by atoms with Crippen LogP contribution in [-0.4, -0.2) is 7.38 Å². The fourth-order valence-electron chi connectivity index (χ4n) is 1.33. The average Bonchev–Trinajstić information content (AvgIpc) is 1.94. The molecule has 0 aromatic heterocycles. The van der Waals surface area contributed by atoms with Gasteiger partial charge in [0.05, 0.1) is 0 Å². The zero-order valence-corrected chi connectivity index (χ0v) is 10.6. The van der Waals surface area contributed by atoms with E-state index in [1.165, 1.54) is 44.6 Å². The molecule has 0 fully saturated rings. The number of rotatable bonds is 7. The van der Waals surface area contributed by atoms with Crippen molar-refractivity contribution in [1.29, 1.82) is 0 Å². The van der Waals surface area contributed by atoms with Gasteiger partial charge in [0.2, 0.25) is 0 Å². The van der Waals surface area contributed by atoms with Gasteiger partial charge in [0.1, 0.15) is 0 Å². The first-order valence-corrected chi connectivity index (χ1v) is 9.47. The Balaban J connectivity index is 3.01. The van der Waals surface area contributed by atoms with Crippen molar-refractivity contribution in [2.24, 2.45) is 0 Å². The maximum absolute atomic E-state index is 6.21. The molecule has 0 atom stereocenters. The Labute approximate surface area is 83.4 Å². The fourth-order valence-corrected chi connectivity index (χ4v) is 2.82. The first kappa shape index (κ1) is 12.5. The lowest BCUT2D eigenvalue weighted by Crippen LogP contribution is -2.14. The summed E-state index contributed by atoms with van der Waals surface area (Å²) in [4.78, 5) is 0. The van der Waals surface area contributed by atoms with Crippen molar-refractivity contribution < 1.29 is 0 Å². The number of halogens is 1. The van der Waals surface area contributed by atoms with Crippen molar-refractivity contribution in [3.63, 3.8) is 0 Å². The van der Waals surface area contributed by atoms with Crippen LogP contribution in [0.5, 0.6) is 0 Å². The van der Waals surface area contributed by atoms with Crippen LogP contribution in [0.4, 0.5) is 0 Å². The molecule has 0 aromatic rings. The molecule has 0 amide bonds. The molecule has 75 valence electrons. The van der Waals surface area contributed by atoms with Crippen molar-refractivity contribution in [3.8, 4) is 0 Å². The van der Waals surface area contributed by atoms with E-state index in [4.69, 9.17) is 11.1 Å². The lowest BCUT2D eigenvalue weighted by atomic mass is 10.1. The van der Waals surface area contributed by atoms with Gasteiger partial charge in [-0.25, -0.2) is 0 Å². The van der Waals surface area contributed by atoms with Gasteiger partial charge >= 0.3 is 0 Å². The van der Waals surface area contributed by atoms with Gasteiger partial charge in [-0.3, -0.25) is 0 Å². The van der Waals surface area contributed by atoms with Crippen LogP contribution < -0.4 is 0 Å². The zero-order chi connectivity index (χ0) is 9.45. The summed E-state index contributed by atoms with van der Waals surface area (Å²) in [7, 11) is -1.25. The molecule has 0 heterocycles. The van der Waals surface area contributed by atoms with Crippen LogP contribution >= 0.6 is 11.1 Å². The molecule has 0 unspecified atom stereocenters. The molecule has 0 N–H and O–H groups in total. The molecule has 0 rings (SSSR count). The van der Waals surface area contributed by atoms with Crippen LogP contribution in [0.15, 0.2) is 0 Å². The first-order valence-electron chi connectivity index (χ1n) is 5.25. The molecular weight excluding hydrogens is 184 g/mol. The minimum absolute atomic E-state index is 1.25. The molecule has 0 aliphatic carbocycles. The van der Waals surface area contributed by atoms with Crippen LogP contribution in [0.25, 0.3) is 0 Å². The Morgan fingerprint density at radius 3 is 1.92 bits per heavy atom. The van der Waals surface area contributed by atoms with Crippen molar-refractivity contribution in [3.05, 3.63) is 0 Å². The lowest BCUT2D eigenvalue weighted by Gasteiger charge is -2.24. The van der Waals surface area contributed by atoms with Gasteiger partial charge in [-0.15, -0.1) is 6.04 Å². The highest BCUT2D eigenvalue weighted by Gasteiger charge is 2.01. The standard InChI is InChI=1S/C10H23ClSi/c1-4-5-6-7-8-9-10-12(2,3)11/h4-10H2,1-3H3/q-1. The van der Waals surface area contributed by atoms with Crippen LogP contribution in [0.1, 0.15) is 45.4 Å². The Morgan fingerprint density at radius 1 is 0.917 bits per heavy atom. The predicted molar refractivity (Wildman–Crippen MR) is 61.5 cm³/mol. The molecule has 0 aliphatic heterocycles. The number of hydrogen-bond acceptors (Lipinski definition) is 0. The van der Waals surface area contributed by atoms with E-state index in [0.29, 0.717) is 0 Å². The molecule has 0 radical (unpaired) electrons. The van der Waals surface area contributed by atoms with Crippen LogP contribution in [-0.2, 0) is 0 Å². The van der Waals surface area contributed by atoms with Gasteiger partial charge in [0, 0.05) is 0 Å². The third kappa shape index (κ3) is 10.5. The third-order valence-corrected chi connectivity index (χ3v) is 4.23. The monoisotopic (exact) mass is 206 g/mol. The van der Waals surface area contributed by atoms with Crippen LogP contribution in [0, 0.1) is 0 Å². The molecule has 12 heavy (non-hydrogen) atoms. The molecule has 0 aromatic carbocycles. The van der Waals surface area contributed by atoms with Gasteiger partial charge < -0.3 is 11.1 Å². The van der Waals surface area contributed by atoms with Gasteiger partial charge in [-0.2, -0.15) is 13.1 Å². The zero-order valence-electron chi connectivity index (χ0n) is 8.83. The van der Waals surface area contributed by atoms with E-state index >= 15 is 0 Å². The molecule has 0 saturated carbocycles. The maximum Gasteiger partial charge on any atom is -0.0533 e. The summed E-state index contributed by atoms with van der Waals surface area (Å²) in [6, 6.07) is 1.29. The minimum atomic E-state index is -1.25. The topological polar surface area (TPSA) is 0 Å². The Hall–Kier alpha value is 0.507. The molecule has 0 nitrogen and oxygen atoms in total. The van der Waals surface area contributed by atoms with Gasteiger partial charge in [-0.05, 0) is 0 Å². The number of hydrogen-bond donors (Lipinski definition) is 0. The molecular formula is C10H23ClSi-. The van der Waals surface area contributed by atoms with E-state index in [1.807, 2.05) is 0 Å². The van der Waals surface area contributed by atoms with E-state index in [2.05, 4.69) is 20.0 Å². The second-order valence-electron chi connectivity index (χ2n) is 4.24.